The summed E-state index contributed by atoms with van der Waals surface area (Å²) in [7, 11) is 0. The minimum atomic E-state index is -0.753. The summed E-state index contributed by atoms with van der Waals surface area (Å²) in [4.78, 5) is 10.6. The Hall–Kier alpha value is 0.200. The lowest BCUT2D eigenvalue weighted by Crippen LogP contribution is -2.29. The number of hydrogen-bond donors (Lipinski definition) is 2. The van der Waals surface area contributed by atoms with Crippen LogP contribution in [0.15, 0.2) is 0 Å². The topological polar surface area (TPSA) is 49.3 Å². The van der Waals surface area contributed by atoms with E-state index < -0.39 is 5.97 Å². The zero-order valence-corrected chi connectivity index (χ0v) is 7.61. The molecule has 0 amide bonds. The third-order valence-corrected chi connectivity index (χ3v) is 2.07. The lowest BCUT2D eigenvalue weighted by molar-refractivity contribution is -0.139. The predicted molar refractivity (Wildman–Crippen MR) is 44.0 cm³/mol. The van der Waals surface area contributed by atoms with Gasteiger partial charge in [-0.05, 0) is 6.42 Å². The molecule has 0 bridgehead atoms. The van der Waals surface area contributed by atoms with Crippen LogP contribution in [0.25, 0.3) is 0 Å². The third kappa shape index (κ3) is 2.44. The van der Waals surface area contributed by atoms with Crippen LogP contribution in [-0.2, 0) is 4.79 Å². The summed E-state index contributed by atoms with van der Waals surface area (Å²) in [6, 6.07) is -0.339. The van der Waals surface area contributed by atoms with Crippen molar-refractivity contribution in [3.05, 3.63) is 0 Å². The molecule has 0 spiro atoms. The van der Waals surface area contributed by atoms with Gasteiger partial charge >= 0.3 is 5.97 Å². The highest BCUT2D eigenvalue weighted by molar-refractivity contribution is 9.09. The summed E-state index contributed by atoms with van der Waals surface area (Å²) in [5.41, 5.74) is 0. The number of carboxylic acids is 1. The first-order chi connectivity index (χ1) is 4.20. The molecular formula is C5H9BrClNO2. The van der Waals surface area contributed by atoms with E-state index in [1.165, 1.54) is 0 Å². The molecule has 10 heavy (non-hydrogen) atoms. The summed E-state index contributed by atoms with van der Waals surface area (Å²) < 4.78 is 0. The highest BCUT2D eigenvalue weighted by Crippen LogP contribution is 2.13. The molecule has 1 fully saturated rings. The minimum Gasteiger partial charge on any atom is -0.480 e. The number of halogens is 2. The van der Waals surface area contributed by atoms with E-state index in [-0.39, 0.29) is 18.4 Å². The van der Waals surface area contributed by atoms with Gasteiger partial charge in [-0.15, -0.1) is 12.4 Å². The van der Waals surface area contributed by atoms with Gasteiger partial charge in [0.2, 0.25) is 0 Å². The molecule has 1 rings (SSSR count). The largest absolute Gasteiger partial charge is 0.480 e. The smallest absolute Gasteiger partial charge is 0.320 e. The fourth-order valence-electron chi connectivity index (χ4n) is 0.881. The van der Waals surface area contributed by atoms with Gasteiger partial charge in [0.05, 0.1) is 0 Å². The second-order valence-electron chi connectivity index (χ2n) is 2.13. The van der Waals surface area contributed by atoms with E-state index in [1.807, 2.05) is 0 Å². The van der Waals surface area contributed by atoms with Crippen molar-refractivity contribution in [2.75, 3.05) is 6.54 Å². The number of hydrogen-bond acceptors (Lipinski definition) is 2. The Labute approximate surface area is 73.7 Å². The van der Waals surface area contributed by atoms with Gasteiger partial charge in [0.15, 0.2) is 0 Å². The first-order valence-corrected chi connectivity index (χ1v) is 3.72. The van der Waals surface area contributed by atoms with Crippen LogP contribution >= 0.6 is 28.3 Å². The van der Waals surface area contributed by atoms with E-state index in [0.29, 0.717) is 11.2 Å². The van der Waals surface area contributed by atoms with Crippen LogP contribution in [0.3, 0.4) is 0 Å². The molecule has 2 N–H and O–H groups in total. The van der Waals surface area contributed by atoms with Crippen LogP contribution in [0.5, 0.6) is 0 Å². The molecule has 1 aliphatic rings. The van der Waals surface area contributed by atoms with Crippen molar-refractivity contribution in [1.82, 2.24) is 5.32 Å². The molecule has 0 aromatic heterocycles. The molecule has 0 unspecified atom stereocenters. The van der Waals surface area contributed by atoms with E-state index in [1.54, 1.807) is 0 Å². The molecule has 0 aromatic rings. The number of carboxylic acid groups (broad SMARTS) is 1. The molecule has 0 aliphatic carbocycles. The molecule has 60 valence electrons. The molecule has 0 saturated carbocycles. The molecule has 1 aliphatic heterocycles. The average molecular weight is 230 g/mol. The van der Waals surface area contributed by atoms with E-state index >= 15 is 0 Å². The Morgan fingerprint density at radius 2 is 2.30 bits per heavy atom. The maximum Gasteiger partial charge on any atom is 0.320 e. The lowest BCUT2D eigenvalue weighted by atomic mass is 10.2. The fraction of sp³-hybridized carbons (Fsp3) is 0.800. The van der Waals surface area contributed by atoms with Gasteiger partial charge in [-0.3, -0.25) is 4.79 Å². The molecule has 0 aromatic carbocycles. The van der Waals surface area contributed by atoms with Crippen molar-refractivity contribution in [2.45, 2.75) is 17.3 Å². The van der Waals surface area contributed by atoms with Crippen molar-refractivity contribution in [3.8, 4) is 0 Å². The van der Waals surface area contributed by atoms with Crippen LogP contribution < -0.4 is 5.32 Å². The average Bonchev–Trinajstić information content (AvgIpc) is 2.14. The molecule has 5 heteroatoms. The molecule has 1 heterocycles. The zero-order chi connectivity index (χ0) is 6.85. The van der Waals surface area contributed by atoms with Gasteiger partial charge in [0, 0.05) is 11.4 Å². The van der Waals surface area contributed by atoms with Crippen LogP contribution in [0.1, 0.15) is 6.42 Å². The Bertz CT molecular complexity index is 133. The third-order valence-electron chi connectivity index (χ3n) is 1.38. The quantitative estimate of drug-likeness (QED) is 0.649. The van der Waals surface area contributed by atoms with E-state index in [0.717, 1.165) is 6.54 Å². The second-order valence-corrected chi connectivity index (χ2v) is 3.43. The molecule has 3 nitrogen and oxygen atoms in total. The Morgan fingerprint density at radius 3 is 2.50 bits per heavy atom. The molecule has 0 radical (unpaired) electrons. The monoisotopic (exact) mass is 229 g/mol. The van der Waals surface area contributed by atoms with Crippen molar-refractivity contribution in [2.24, 2.45) is 0 Å². The van der Waals surface area contributed by atoms with Gasteiger partial charge in [-0.25, -0.2) is 0 Å². The summed E-state index contributed by atoms with van der Waals surface area (Å²) in [5.74, 6) is -0.753. The number of aliphatic carboxylic acids is 1. The summed E-state index contributed by atoms with van der Waals surface area (Å²) in [6.45, 7) is 0.761. The Balaban J connectivity index is 0.000000810. The molecular weight excluding hydrogens is 221 g/mol. The molecule has 2 atom stereocenters. The van der Waals surface area contributed by atoms with E-state index in [4.69, 9.17) is 5.11 Å². The zero-order valence-electron chi connectivity index (χ0n) is 5.21. The predicted octanol–water partition coefficient (Wildman–Crippen LogP) is 0.618. The van der Waals surface area contributed by atoms with Crippen LogP contribution in [-0.4, -0.2) is 28.5 Å². The number of nitrogens with one attached hydrogen (secondary N) is 1. The van der Waals surface area contributed by atoms with Crippen molar-refractivity contribution >= 4 is 34.3 Å². The first-order valence-electron chi connectivity index (χ1n) is 2.80. The summed E-state index contributed by atoms with van der Waals surface area (Å²) >= 11 is 3.32. The highest BCUT2D eigenvalue weighted by atomic mass is 79.9. The lowest BCUT2D eigenvalue weighted by Gasteiger charge is -1.99. The minimum absolute atomic E-state index is 0. The number of alkyl halides is 1. The summed E-state index contributed by atoms with van der Waals surface area (Å²) in [6.07, 6.45) is 0.690. The number of rotatable bonds is 1. The van der Waals surface area contributed by atoms with Crippen molar-refractivity contribution < 1.29 is 9.90 Å². The second kappa shape index (κ2) is 4.16. The van der Waals surface area contributed by atoms with Crippen LogP contribution in [0.4, 0.5) is 0 Å². The van der Waals surface area contributed by atoms with Crippen LogP contribution in [0, 0.1) is 0 Å². The van der Waals surface area contributed by atoms with E-state index in [9.17, 15) is 4.79 Å². The summed E-state index contributed by atoms with van der Waals surface area (Å²) in [5, 5.41) is 11.3. The number of carbonyl (C=O) groups is 1. The van der Waals surface area contributed by atoms with Crippen molar-refractivity contribution in [1.29, 1.82) is 0 Å². The fourth-order valence-corrected chi connectivity index (χ4v) is 1.44. The standard InChI is InChI=1S/C5H8BrNO2.ClH/c6-3-1-4(5(8)9)7-2-3;/h3-4,7H,1-2H2,(H,8,9);1H/t3-,4+;/m1./s1. The molecule has 1 saturated heterocycles. The highest BCUT2D eigenvalue weighted by Gasteiger charge is 2.26. The maximum atomic E-state index is 10.3. The van der Waals surface area contributed by atoms with Gasteiger partial charge < -0.3 is 10.4 Å². The first kappa shape index (κ1) is 10.2. The SMILES string of the molecule is Cl.O=C(O)[C@@H]1C[C@@H](Br)CN1. The van der Waals surface area contributed by atoms with Gasteiger partial charge in [-0.2, -0.15) is 0 Å². The van der Waals surface area contributed by atoms with Crippen LogP contribution in [0.2, 0.25) is 0 Å². The van der Waals surface area contributed by atoms with Crippen molar-refractivity contribution in [3.63, 3.8) is 0 Å². The Kier molecular flexibility index (Phi) is 4.24. The van der Waals surface area contributed by atoms with Gasteiger partial charge in [-0.1, -0.05) is 15.9 Å². The van der Waals surface area contributed by atoms with Gasteiger partial charge in [0.25, 0.3) is 0 Å². The Morgan fingerprint density at radius 1 is 1.70 bits per heavy atom. The van der Waals surface area contributed by atoms with Gasteiger partial charge in [0.1, 0.15) is 6.04 Å². The maximum absolute atomic E-state index is 10.3. The normalized spacial score (nSPS) is 31.3. The van der Waals surface area contributed by atoms with E-state index in [2.05, 4.69) is 21.2 Å².